The van der Waals surface area contributed by atoms with Crippen molar-refractivity contribution in [2.75, 3.05) is 17.1 Å². The number of carbonyl (C=O) groups excluding carboxylic acids is 2. The van der Waals surface area contributed by atoms with E-state index in [0.29, 0.717) is 26.3 Å². The van der Waals surface area contributed by atoms with E-state index in [9.17, 15) is 18.0 Å². The Morgan fingerprint density at radius 3 is 2.24 bits per heavy atom. The van der Waals surface area contributed by atoms with Crippen LogP contribution in [0.25, 0.3) is 0 Å². The van der Waals surface area contributed by atoms with E-state index in [1.165, 1.54) is 9.21 Å². The number of hydrogen-bond acceptors (Lipinski definition) is 4. The Kier molecular flexibility index (Phi) is 12.5. The van der Waals surface area contributed by atoms with E-state index in [1.54, 1.807) is 42.5 Å². The molecule has 7 nitrogen and oxygen atoms in total. The average Bonchev–Trinajstić information content (AvgIpc) is 2.93. The summed E-state index contributed by atoms with van der Waals surface area (Å²) in [5, 5.41) is 4.27. The molecule has 2 atom stereocenters. The van der Waals surface area contributed by atoms with Crippen molar-refractivity contribution in [1.29, 1.82) is 0 Å². The standard InChI is InChI=1S/C31H36Cl3N3O4S/c1-4-22(2)35-31(39)29(18-23-10-6-5-7-11-23)36(21-24-15-16-26(33)20-28(24)34)30(38)14-9-17-37(42(3,40)41)27-13-8-12-25(32)19-27/h5-8,10-13,15-16,19-20,22,29H,4,9,14,17-18,21H2,1-3H3,(H,35,39). The highest BCUT2D eigenvalue weighted by atomic mass is 35.5. The molecule has 0 aliphatic rings. The lowest BCUT2D eigenvalue weighted by atomic mass is 10.0. The van der Waals surface area contributed by atoms with E-state index in [0.717, 1.165) is 18.2 Å². The minimum Gasteiger partial charge on any atom is -0.352 e. The number of benzene rings is 3. The van der Waals surface area contributed by atoms with Crippen molar-refractivity contribution < 1.29 is 18.0 Å². The second-order valence-corrected chi connectivity index (χ2v) is 13.4. The van der Waals surface area contributed by atoms with Gasteiger partial charge in [0.05, 0.1) is 11.9 Å². The van der Waals surface area contributed by atoms with Crippen molar-refractivity contribution in [2.45, 2.75) is 58.2 Å². The molecule has 2 unspecified atom stereocenters. The van der Waals surface area contributed by atoms with Crippen LogP contribution in [0.4, 0.5) is 5.69 Å². The summed E-state index contributed by atoms with van der Waals surface area (Å²) >= 11 is 18.7. The van der Waals surface area contributed by atoms with Gasteiger partial charge in [-0.15, -0.1) is 0 Å². The number of amides is 2. The zero-order chi connectivity index (χ0) is 30.9. The minimum atomic E-state index is -3.64. The number of nitrogens with zero attached hydrogens (tertiary/aromatic N) is 2. The average molecular weight is 653 g/mol. The van der Waals surface area contributed by atoms with Crippen molar-refractivity contribution in [3.05, 3.63) is 99.0 Å². The van der Waals surface area contributed by atoms with Crippen LogP contribution in [0.3, 0.4) is 0 Å². The van der Waals surface area contributed by atoms with Crippen LogP contribution >= 0.6 is 34.8 Å². The van der Waals surface area contributed by atoms with E-state index in [-0.39, 0.29) is 50.2 Å². The molecule has 0 bridgehead atoms. The summed E-state index contributed by atoms with van der Waals surface area (Å²) in [4.78, 5) is 29.1. The van der Waals surface area contributed by atoms with E-state index in [4.69, 9.17) is 34.8 Å². The van der Waals surface area contributed by atoms with Gasteiger partial charge in [0, 0.05) is 47.0 Å². The molecule has 1 N–H and O–H groups in total. The SMILES string of the molecule is CCC(C)NC(=O)C(Cc1ccccc1)N(Cc1ccc(Cl)cc1Cl)C(=O)CCCN(c1cccc(Cl)c1)S(C)(=O)=O. The number of halogens is 3. The smallest absolute Gasteiger partial charge is 0.243 e. The Morgan fingerprint density at radius 1 is 0.929 bits per heavy atom. The highest BCUT2D eigenvalue weighted by Gasteiger charge is 2.31. The summed E-state index contributed by atoms with van der Waals surface area (Å²) in [6.45, 7) is 4.02. The van der Waals surface area contributed by atoms with Crippen LogP contribution < -0.4 is 9.62 Å². The topological polar surface area (TPSA) is 86.8 Å². The number of nitrogens with one attached hydrogen (secondary N) is 1. The van der Waals surface area contributed by atoms with Crippen molar-refractivity contribution in [1.82, 2.24) is 10.2 Å². The van der Waals surface area contributed by atoms with Crippen LogP contribution in [0.2, 0.25) is 15.1 Å². The maximum Gasteiger partial charge on any atom is 0.243 e. The third-order valence-corrected chi connectivity index (χ3v) is 8.89. The van der Waals surface area contributed by atoms with Gasteiger partial charge in [0.2, 0.25) is 21.8 Å². The van der Waals surface area contributed by atoms with Gasteiger partial charge in [-0.1, -0.05) is 84.2 Å². The molecule has 0 radical (unpaired) electrons. The first-order valence-corrected chi connectivity index (χ1v) is 16.7. The fourth-order valence-electron chi connectivity index (χ4n) is 4.46. The number of sulfonamides is 1. The van der Waals surface area contributed by atoms with Gasteiger partial charge in [0.25, 0.3) is 0 Å². The number of anilines is 1. The van der Waals surface area contributed by atoms with Gasteiger partial charge in [-0.25, -0.2) is 8.42 Å². The molecule has 2 amide bonds. The summed E-state index contributed by atoms with van der Waals surface area (Å²) in [5.41, 5.74) is 1.95. The van der Waals surface area contributed by atoms with Gasteiger partial charge in [-0.05, 0) is 61.2 Å². The third-order valence-electron chi connectivity index (χ3n) is 6.88. The molecule has 0 aliphatic carbocycles. The molecule has 0 saturated carbocycles. The summed E-state index contributed by atoms with van der Waals surface area (Å²) in [7, 11) is -3.64. The van der Waals surface area contributed by atoms with Gasteiger partial charge in [0.15, 0.2) is 0 Å². The van der Waals surface area contributed by atoms with Crippen molar-refractivity contribution >= 4 is 62.3 Å². The van der Waals surface area contributed by atoms with Crippen molar-refractivity contribution in [2.24, 2.45) is 0 Å². The number of hydrogen-bond donors (Lipinski definition) is 1. The second-order valence-electron chi connectivity index (χ2n) is 10.2. The molecule has 3 aromatic carbocycles. The van der Waals surface area contributed by atoms with Gasteiger partial charge >= 0.3 is 0 Å². The van der Waals surface area contributed by atoms with E-state index in [1.807, 2.05) is 44.2 Å². The Morgan fingerprint density at radius 2 is 1.62 bits per heavy atom. The first kappa shape index (κ1) is 33.7. The van der Waals surface area contributed by atoms with E-state index in [2.05, 4.69) is 5.32 Å². The molecule has 0 spiro atoms. The highest BCUT2D eigenvalue weighted by molar-refractivity contribution is 7.92. The van der Waals surface area contributed by atoms with E-state index >= 15 is 0 Å². The summed E-state index contributed by atoms with van der Waals surface area (Å²) < 4.78 is 26.4. The predicted molar refractivity (Wildman–Crippen MR) is 172 cm³/mol. The van der Waals surface area contributed by atoms with Crippen molar-refractivity contribution in [3.8, 4) is 0 Å². The quantitative estimate of drug-likeness (QED) is 0.209. The molecule has 3 rings (SSSR count). The molecule has 0 fully saturated rings. The molecule has 42 heavy (non-hydrogen) atoms. The highest BCUT2D eigenvalue weighted by Crippen LogP contribution is 2.26. The van der Waals surface area contributed by atoms with Crippen LogP contribution in [-0.2, 0) is 32.6 Å². The van der Waals surface area contributed by atoms with Gasteiger partial charge in [0.1, 0.15) is 6.04 Å². The summed E-state index contributed by atoms with van der Waals surface area (Å²) in [5.74, 6) is -0.580. The molecule has 226 valence electrons. The van der Waals surface area contributed by atoms with Crippen LogP contribution in [-0.4, -0.2) is 50.0 Å². The minimum absolute atomic E-state index is 0.000302. The van der Waals surface area contributed by atoms with Crippen LogP contribution in [0.5, 0.6) is 0 Å². The normalized spacial score (nSPS) is 12.8. The van der Waals surface area contributed by atoms with Gasteiger partial charge < -0.3 is 10.2 Å². The lowest BCUT2D eigenvalue weighted by molar-refractivity contribution is -0.141. The molecule has 0 aromatic heterocycles. The molecule has 3 aromatic rings. The van der Waals surface area contributed by atoms with E-state index < -0.39 is 16.1 Å². The fourth-order valence-corrected chi connectivity index (χ4v) is 6.07. The van der Waals surface area contributed by atoms with Crippen LogP contribution in [0, 0.1) is 0 Å². The Labute approximate surface area is 263 Å². The lowest BCUT2D eigenvalue weighted by Crippen LogP contribution is -2.52. The monoisotopic (exact) mass is 651 g/mol. The zero-order valence-electron chi connectivity index (χ0n) is 23.9. The maximum absolute atomic E-state index is 13.9. The maximum atomic E-state index is 13.9. The Bertz CT molecular complexity index is 1470. The summed E-state index contributed by atoms with van der Waals surface area (Å²) in [6.07, 6.45) is 2.34. The first-order chi connectivity index (χ1) is 19.9. The van der Waals surface area contributed by atoms with Crippen molar-refractivity contribution in [3.63, 3.8) is 0 Å². The molecule has 0 saturated heterocycles. The predicted octanol–water partition coefficient (Wildman–Crippen LogP) is 6.75. The second kappa shape index (κ2) is 15.6. The molecule has 11 heteroatoms. The van der Waals surface area contributed by atoms with Gasteiger partial charge in [-0.3, -0.25) is 13.9 Å². The van der Waals surface area contributed by atoms with Gasteiger partial charge in [-0.2, -0.15) is 0 Å². The van der Waals surface area contributed by atoms with Crippen LogP contribution in [0.1, 0.15) is 44.2 Å². The number of rotatable bonds is 14. The summed E-state index contributed by atoms with van der Waals surface area (Å²) in [6, 6.07) is 20.1. The molecular weight excluding hydrogens is 617 g/mol. The third kappa shape index (κ3) is 9.90. The molecule has 0 heterocycles. The molecular formula is C31H36Cl3N3O4S. The lowest BCUT2D eigenvalue weighted by Gasteiger charge is -2.33. The fraction of sp³-hybridized carbons (Fsp3) is 0.355. The largest absolute Gasteiger partial charge is 0.352 e. The zero-order valence-corrected chi connectivity index (χ0v) is 27.0. The Balaban J connectivity index is 1.92. The molecule has 0 aliphatic heterocycles. The first-order valence-electron chi connectivity index (χ1n) is 13.7. The Hall–Kier alpha value is -2.78. The number of carbonyl (C=O) groups is 2. The van der Waals surface area contributed by atoms with Crippen LogP contribution in [0.15, 0.2) is 72.8 Å².